The van der Waals surface area contributed by atoms with E-state index < -0.39 is 23.5 Å². The van der Waals surface area contributed by atoms with Crippen molar-refractivity contribution >= 4 is 11.8 Å². The highest BCUT2D eigenvalue weighted by Gasteiger charge is 2.38. The number of benzene rings is 2. The highest BCUT2D eigenvalue weighted by molar-refractivity contribution is 5.91. The fourth-order valence-corrected chi connectivity index (χ4v) is 7.78. The van der Waals surface area contributed by atoms with E-state index >= 15 is 0 Å². The summed E-state index contributed by atoms with van der Waals surface area (Å²) >= 11 is 0. The number of nitrogens with one attached hydrogen (secondary N) is 2. The molecule has 0 atom stereocenters. The van der Waals surface area contributed by atoms with Gasteiger partial charge in [-0.25, -0.2) is 0 Å². The van der Waals surface area contributed by atoms with Gasteiger partial charge in [-0.1, -0.05) is 36.4 Å². The number of alkyl halides is 6. The molecule has 4 aromatic rings. The summed E-state index contributed by atoms with van der Waals surface area (Å²) in [6.07, 6.45) is -6.01. The van der Waals surface area contributed by atoms with Crippen LogP contribution in [0.5, 0.6) is 0 Å². The Morgan fingerprint density at radius 2 is 1.07 bits per heavy atom. The van der Waals surface area contributed by atoms with Crippen molar-refractivity contribution in [1.29, 1.82) is 0 Å². The Balaban J connectivity index is 0.000000167. The van der Waals surface area contributed by atoms with Crippen LogP contribution in [-0.2, 0) is 38.5 Å². The largest absolute Gasteiger partial charge is 0.416 e. The summed E-state index contributed by atoms with van der Waals surface area (Å²) in [4.78, 5) is 28.9. The Bertz CT molecular complexity index is 1820. The van der Waals surface area contributed by atoms with Crippen LogP contribution in [0.4, 0.5) is 26.3 Å². The van der Waals surface area contributed by atoms with Gasteiger partial charge >= 0.3 is 12.4 Å². The maximum Gasteiger partial charge on any atom is 0.416 e. The van der Waals surface area contributed by atoms with Gasteiger partial charge in [0.05, 0.1) is 24.3 Å². The molecule has 0 unspecified atom stereocenters. The van der Waals surface area contributed by atoms with Crippen molar-refractivity contribution < 1.29 is 35.9 Å². The number of carbonyl (C=O) groups is 2. The molecule has 0 bridgehead atoms. The zero-order valence-corrected chi connectivity index (χ0v) is 29.3. The molecule has 2 fully saturated rings. The van der Waals surface area contributed by atoms with Gasteiger partial charge < -0.3 is 19.7 Å². The molecule has 2 saturated heterocycles. The van der Waals surface area contributed by atoms with Crippen molar-refractivity contribution in [2.24, 2.45) is 0 Å². The standard InChI is InChI=1S/2C18H20F3N5O/c19-18(20,21)14-4-2-1-3-13(14)12-6-9-25(10-7-12)17(27)16-24-23-15-5-8-22-11-26(15)16;19-18(20,21)14-4-2-1-3-13(14)12-5-8-25(9-6-12)17(27)16-24-23-15-11-22-7-10-26(15)16/h2*1-4,12,22H,5-11H2. The van der Waals surface area contributed by atoms with Gasteiger partial charge in [0.2, 0.25) is 11.6 Å². The van der Waals surface area contributed by atoms with E-state index in [0.29, 0.717) is 94.4 Å². The molecule has 54 heavy (non-hydrogen) atoms. The van der Waals surface area contributed by atoms with Gasteiger partial charge in [-0.15, -0.1) is 20.4 Å². The van der Waals surface area contributed by atoms with E-state index in [1.165, 1.54) is 12.1 Å². The third kappa shape index (κ3) is 7.85. The molecular formula is C36H40F6N10O2. The van der Waals surface area contributed by atoms with Gasteiger partial charge in [0.15, 0.2) is 0 Å². The van der Waals surface area contributed by atoms with E-state index in [9.17, 15) is 35.9 Å². The van der Waals surface area contributed by atoms with E-state index in [2.05, 4.69) is 31.0 Å². The number of hydrogen-bond donors (Lipinski definition) is 2. The minimum absolute atomic E-state index is 0.196. The van der Waals surface area contributed by atoms with Crippen LogP contribution in [0.15, 0.2) is 48.5 Å². The summed E-state index contributed by atoms with van der Waals surface area (Å²) in [5.74, 6) is 1.32. The molecule has 0 aliphatic carbocycles. The number of halogens is 6. The van der Waals surface area contributed by atoms with Gasteiger partial charge in [0.1, 0.15) is 11.6 Å². The lowest BCUT2D eigenvalue weighted by molar-refractivity contribution is -0.139. The van der Waals surface area contributed by atoms with Crippen LogP contribution in [0.2, 0.25) is 0 Å². The predicted molar refractivity (Wildman–Crippen MR) is 182 cm³/mol. The first-order chi connectivity index (χ1) is 25.9. The molecule has 288 valence electrons. The lowest BCUT2D eigenvalue weighted by Crippen LogP contribution is -2.40. The highest BCUT2D eigenvalue weighted by Crippen LogP contribution is 2.40. The molecule has 0 radical (unpaired) electrons. The number of amides is 2. The number of carbonyl (C=O) groups excluding carboxylic acids is 2. The lowest BCUT2D eigenvalue weighted by atomic mass is 9.86. The molecule has 8 rings (SSSR count). The van der Waals surface area contributed by atoms with Crippen LogP contribution in [0.3, 0.4) is 0 Å². The molecule has 18 heteroatoms. The molecule has 0 saturated carbocycles. The zero-order chi connectivity index (χ0) is 38.0. The zero-order valence-electron chi connectivity index (χ0n) is 29.3. The molecule has 2 aromatic heterocycles. The second-order valence-electron chi connectivity index (χ2n) is 13.8. The SMILES string of the molecule is O=C(c1nnc2n1CCNC2)N1CCC(c2ccccc2C(F)(F)F)CC1.O=C(c1nnc2n1CNCC2)N1CCC(c2ccccc2C(F)(F)F)CC1. The van der Waals surface area contributed by atoms with E-state index in [1.807, 2.05) is 4.57 Å². The van der Waals surface area contributed by atoms with Crippen LogP contribution in [-0.4, -0.2) is 90.4 Å². The molecule has 4 aliphatic heterocycles. The number of fused-ring (bicyclic) bond motifs is 2. The Hall–Kier alpha value is -4.84. The Kier molecular flexibility index (Phi) is 10.7. The number of likely N-dealkylation sites (tertiary alicyclic amines) is 2. The van der Waals surface area contributed by atoms with Crippen LogP contribution >= 0.6 is 0 Å². The van der Waals surface area contributed by atoms with Crippen LogP contribution in [0.25, 0.3) is 0 Å². The van der Waals surface area contributed by atoms with Gasteiger partial charge in [-0.3, -0.25) is 19.5 Å². The number of aromatic nitrogens is 6. The topological polar surface area (TPSA) is 126 Å². The number of nitrogens with zero attached hydrogens (tertiary/aromatic N) is 8. The van der Waals surface area contributed by atoms with E-state index in [0.717, 1.165) is 43.3 Å². The number of rotatable bonds is 4. The Labute approximate surface area is 306 Å². The molecule has 0 spiro atoms. The molecule has 4 aliphatic rings. The fraction of sp³-hybridized carbons (Fsp3) is 0.500. The summed E-state index contributed by atoms with van der Waals surface area (Å²) in [5, 5.41) is 22.5. The summed E-state index contributed by atoms with van der Waals surface area (Å²) in [6.45, 7) is 4.91. The van der Waals surface area contributed by atoms with Gasteiger partial charge in [-0.05, 0) is 60.8 Å². The Morgan fingerprint density at radius 3 is 1.59 bits per heavy atom. The molecule has 2 aromatic carbocycles. The normalized spacial score (nSPS) is 18.4. The molecule has 6 heterocycles. The average molecular weight is 759 g/mol. The van der Waals surface area contributed by atoms with Crippen LogP contribution in [0.1, 0.15) is 92.7 Å². The van der Waals surface area contributed by atoms with Crippen molar-refractivity contribution in [3.63, 3.8) is 0 Å². The minimum atomic E-state index is -4.36. The molecule has 2 N–H and O–H groups in total. The van der Waals surface area contributed by atoms with Gasteiger partial charge in [0.25, 0.3) is 11.8 Å². The van der Waals surface area contributed by atoms with Crippen molar-refractivity contribution in [2.75, 3.05) is 39.3 Å². The first-order valence-corrected chi connectivity index (χ1v) is 18.1. The quantitative estimate of drug-likeness (QED) is 0.284. The molecule has 12 nitrogen and oxygen atoms in total. The van der Waals surface area contributed by atoms with Crippen molar-refractivity contribution in [2.45, 2.75) is 76.1 Å². The summed E-state index contributed by atoms with van der Waals surface area (Å²) in [7, 11) is 0. The van der Waals surface area contributed by atoms with Gasteiger partial charge in [0, 0.05) is 52.2 Å². The van der Waals surface area contributed by atoms with Crippen LogP contribution < -0.4 is 10.6 Å². The lowest BCUT2D eigenvalue weighted by Gasteiger charge is -2.33. The van der Waals surface area contributed by atoms with E-state index in [4.69, 9.17) is 0 Å². The summed E-state index contributed by atoms with van der Waals surface area (Å²) < 4.78 is 83.2. The first-order valence-electron chi connectivity index (χ1n) is 18.1. The fourth-order valence-electron chi connectivity index (χ4n) is 7.78. The van der Waals surface area contributed by atoms with E-state index in [1.54, 1.807) is 38.6 Å². The first kappa shape index (κ1) is 37.5. The summed E-state index contributed by atoms with van der Waals surface area (Å²) in [5.41, 5.74) is -0.509. The molecule has 2 amide bonds. The van der Waals surface area contributed by atoms with Crippen molar-refractivity contribution in [3.8, 4) is 0 Å². The van der Waals surface area contributed by atoms with Crippen LogP contribution in [0, 0.1) is 0 Å². The Morgan fingerprint density at radius 1 is 0.593 bits per heavy atom. The molecular weight excluding hydrogens is 718 g/mol. The van der Waals surface area contributed by atoms with Gasteiger partial charge in [-0.2, -0.15) is 26.3 Å². The maximum absolute atomic E-state index is 13.3. The predicted octanol–water partition coefficient (Wildman–Crippen LogP) is 4.84. The second-order valence-corrected chi connectivity index (χ2v) is 13.8. The third-order valence-corrected chi connectivity index (χ3v) is 10.6. The van der Waals surface area contributed by atoms with Crippen molar-refractivity contribution in [3.05, 3.63) is 94.1 Å². The number of hydrogen-bond acceptors (Lipinski definition) is 8. The minimum Gasteiger partial charge on any atom is -0.336 e. The van der Waals surface area contributed by atoms with E-state index in [-0.39, 0.29) is 23.7 Å². The third-order valence-electron chi connectivity index (χ3n) is 10.6. The smallest absolute Gasteiger partial charge is 0.336 e. The monoisotopic (exact) mass is 758 g/mol. The summed E-state index contributed by atoms with van der Waals surface area (Å²) in [6, 6.07) is 11.4. The second kappa shape index (κ2) is 15.5. The average Bonchev–Trinajstić information content (AvgIpc) is 3.82. The highest BCUT2D eigenvalue weighted by atomic mass is 19.4. The number of piperidine rings is 2. The maximum atomic E-state index is 13.3. The van der Waals surface area contributed by atoms with Crippen molar-refractivity contribution in [1.82, 2.24) is 50.0 Å².